The molecule has 386 valence electrons. The van der Waals surface area contributed by atoms with Gasteiger partial charge in [-0.05, 0) is 13.8 Å². The monoisotopic (exact) mass is 970 g/mol. The third-order valence-electron chi connectivity index (χ3n) is 12.2. The van der Waals surface area contributed by atoms with Gasteiger partial charge in [0.25, 0.3) is 0 Å². The van der Waals surface area contributed by atoms with Crippen LogP contribution >= 0.6 is 0 Å². The molecule has 5 heterocycles. The Bertz CT molecular complexity index is 1500. The summed E-state index contributed by atoms with van der Waals surface area (Å²) in [5, 5.41) is 169. The summed E-state index contributed by atoms with van der Waals surface area (Å²) in [4.78, 5) is 0. The first-order chi connectivity index (χ1) is 31.2. The lowest BCUT2D eigenvalue weighted by molar-refractivity contribution is -0.375. The molecule has 28 heteroatoms. The van der Waals surface area contributed by atoms with Crippen LogP contribution in [0.2, 0.25) is 0 Å². The zero-order valence-electron chi connectivity index (χ0n) is 36.3. The van der Waals surface area contributed by atoms with Gasteiger partial charge >= 0.3 is 0 Å². The molecule has 0 amide bonds. The first-order valence-corrected chi connectivity index (χ1v) is 21.2. The van der Waals surface area contributed by atoms with Gasteiger partial charge in [0.05, 0.1) is 51.3 Å². The minimum absolute atomic E-state index is 0.166. The largest absolute Gasteiger partial charge is 0.507 e. The number of hydrogen-bond donors (Lipinski definition) is 16. The van der Waals surface area contributed by atoms with Crippen molar-refractivity contribution in [1.82, 2.24) is 0 Å². The van der Waals surface area contributed by atoms with E-state index in [1.807, 2.05) is 0 Å². The van der Waals surface area contributed by atoms with E-state index in [2.05, 4.69) is 0 Å². The van der Waals surface area contributed by atoms with Crippen molar-refractivity contribution in [2.75, 3.05) is 47.3 Å². The minimum atomic E-state index is -2.23. The molecular weight excluding hydrogens is 904 g/mol. The Hall–Kier alpha value is -1.54. The molecule has 5 aliphatic rings. The molecule has 0 bridgehead atoms. The Balaban J connectivity index is 1.39. The molecule has 5 rings (SSSR count). The van der Waals surface area contributed by atoms with Crippen LogP contribution in [0.5, 0.6) is 0 Å². The van der Waals surface area contributed by atoms with Gasteiger partial charge in [0.2, 0.25) is 6.29 Å². The number of methoxy groups -OCH3 is 2. The molecular formula is C38H66O28. The molecule has 0 aliphatic carbocycles. The van der Waals surface area contributed by atoms with E-state index >= 15 is 0 Å². The number of ether oxygens (including phenoxy) is 12. The van der Waals surface area contributed by atoms with Crippen LogP contribution in [0, 0.1) is 0 Å². The van der Waals surface area contributed by atoms with Gasteiger partial charge in [-0.15, -0.1) is 0 Å². The summed E-state index contributed by atoms with van der Waals surface area (Å²) in [6.45, 7) is -0.789. The second-order valence-corrected chi connectivity index (χ2v) is 16.5. The lowest BCUT2D eigenvalue weighted by atomic mass is 9.97. The molecule has 0 radical (unpaired) electrons. The van der Waals surface area contributed by atoms with Crippen molar-refractivity contribution in [3.63, 3.8) is 0 Å². The zero-order valence-corrected chi connectivity index (χ0v) is 36.3. The van der Waals surface area contributed by atoms with Crippen molar-refractivity contribution in [2.24, 2.45) is 0 Å². The van der Waals surface area contributed by atoms with Crippen LogP contribution < -0.4 is 0 Å². The maximum Gasteiger partial charge on any atom is 0.213 e. The predicted octanol–water partition coefficient (Wildman–Crippen LogP) is -9.03. The van der Waals surface area contributed by atoms with Crippen molar-refractivity contribution in [3.8, 4) is 0 Å². The Morgan fingerprint density at radius 1 is 0.530 bits per heavy atom. The minimum Gasteiger partial charge on any atom is -0.507 e. The van der Waals surface area contributed by atoms with E-state index < -0.39 is 205 Å². The molecule has 16 N–H and O–H groups in total. The molecule has 26 atom stereocenters. The molecule has 5 saturated heterocycles. The summed E-state index contributed by atoms with van der Waals surface area (Å²) in [5.74, 6) is -0.789. The average molecular weight is 971 g/mol. The second kappa shape index (κ2) is 24.5. The van der Waals surface area contributed by atoms with Crippen molar-refractivity contribution >= 4 is 0 Å². The Labute approximate surface area is 377 Å². The fraction of sp³-hybridized carbons (Fsp3) is 0.947. The standard InChI is InChI=1S/C38H66O28/c1-11(13(21(43)33(53)56-4)5-14-22(44)23(45)15(6-39)60-14)59-35-28(50)26(48)18(9-57-35)64-38-32(66-37-30(52)25(47)17(8-41)63-37)31(65-36-29(51)24(46)16(7-40)62-36)19(10-58-38)61-34(54)27(49)20(42)12(2)55-3/h11-12,14-20,22-54H,5-10H2,1-4H3/b21-13+/t11-,12-,14+,15+,16+,17+,18-,19-,20?,22?,23?,24?,25?,26?,27?,28?,29+,30?,31?,32?,33+,34+,35+,36+,37+,38+/m1/s1. The predicted molar refractivity (Wildman–Crippen MR) is 207 cm³/mol. The van der Waals surface area contributed by atoms with Gasteiger partial charge < -0.3 is 139 Å². The number of aliphatic hydroxyl groups excluding tert-OH is 16. The van der Waals surface area contributed by atoms with Crippen molar-refractivity contribution in [2.45, 2.75) is 180 Å². The van der Waals surface area contributed by atoms with Crippen LogP contribution in [0.25, 0.3) is 0 Å². The summed E-state index contributed by atoms with van der Waals surface area (Å²) in [6.07, 6.45) is -43.8. The highest BCUT2D eigenvalue weighted by atomic mass is 16.8. The summed E-state index contributed by atoms with van der Waals surface area (Å²) in [7, 11) is 2.30. The van der Waals surface area contributed by atoms with Gasteiger partial charge in [-0.3, -0.25) is 0 Å². The van der Waals surface area contributed by atoms with Gasteiger partial charge in [-0.25, -0.2) is 0 Å². The van der Waals surface area contributed by atoms with E-state index in [9.17, 15) is 81.7 Å². The SMILES string of the molecule is CO[C@H](O)/C(O)=C(/C[C@@H]1O[C@@H](CO)C(O)C1O)[C@@H](C)O[C@@H]1OC[C@@H](O[C@@H]2OC[C@@H](O[C@H](O)C(O)C(O)[C@@H](C)OC)C(O[C@@H]3O[C@@H](CO)C(O)[C@@H]3O)C2O[C@@H]2O[C@@H](CO)C(O)C2O)C(O)C1O. The maximum atomic E-state index is 11.4. The Kier molecular flexibility index (Phi) is 20.6. The molecule has 5 fully saturated rings. The molecule has 0 spiro atoms. The van der Waals surface area contributed by atoms with E-state index in [-0.39, 0.29) is 5.57 Å². The zero-order chi connectivity index (χ0) is 48.9. The first kappa shape index (κ1) is 55.4. The number of aliphatic hydroxyl groups is 16. The summed E-state index contributed by atoms with van der Waals surface area (Å²) in [5.41, 5.74) is -0.166. The quantitative estimate of drug-likeness (QED) is 0.0354. The van der Waals surface area contributed by atoms with Gasteiger partial charge in [0, 0.05) is 26.2 Å². The van der Waals surface area contributed by atoms with Gasteiger partial charge in [0.1, 0.15) is 104 Å². The lowest BCUT2D eigenvalue weighted by Crippen LogP contribution is -2.63. The van der Waals surface area contributed by atoms with Gasteiger partial charge in [-0.2, -0.15) is 0 Å². The summed E-state index contributed by atoms with van der Waals surface area (Å²) in [6, 6.07) is 0. The van der Waals surface area contributed by atoms with Crippen molar-refractivity contribution in [3.05, 3.63) is 11.3 Å². The van der Waals surface area contributed by atoms with Crippen LogP contribution in [0.15, 0.2) is 11.3 Å². The number of hydrogen-bond acceptors (Lipinski definition) is 28. The second-order valence-electron chi connectivity index (χ2n) is 16.5. The smallest absolute Gasteiger partial charge is 0.213 e. The van der Waals surface area contributed by atoms with Gasteiger partial charge in [0.15, 0.2) is 37.2 Å². The van der Waals surface area contributed by atoms with Crippen molar-refractivity contribution in [1.29, 1.82) is 0 Å². The van der Waals surface area contributed by atoms with E-state index in [0.29, 0.717) is 0 Å². The highest BCUT2D eigenvalue weighted by Crippen LogP contribution is 2.36. The van der Waals surface area contributed by atoms with E-state index in [1.165, 1.54) is 21.0 Å². The van der Waals surface area contributed by atoms with Crippen LogP contribution in [0.3, 0.4) is 0 Å². The van der Waals surface area contributed by atoms with Crippen molar-refractivity contribution < 1.29 is 139 Å². The highest BCUT2D eigenvalue weighted by Gasteiger charge is 2.55. The molecule has 0 aromatic rings. The van der Waals surface area contributed by atoms with Crippen LogP contribution in [-0.2, 0) is 56.8 Å². The molecule has 28 nitrogen and oxygen atoms in total. The Morgan fingerprint density at radius 3 is 1.53 bits per heavy atom. The fourth-order valence-corrected chi connectivity index (χ4v) is 7.97. The van der Waals surface area contributed by atoms with Crippen LogP contribution in [0.1, 0.15) is 20.3 Å². The van der Waals surface area contributed by atoms with Gasteiger partial charge in [-0.1, -0.05) is 0 Å². The summed E-state index contributed by atoms with van der Waals surface area (Å²) >= 11 is 0. The molecule has 0 aromatic carbocycles. The third kappa shape index (κ3) is 12.3. The first-order valence-electron chi connectivity index (χ1n) is 21.2. The molecule has 11 unspecified atom stereocenters. The van der Waals surface area contributed by atoms with Crippen LogP contribution in [0.4, 0.5) is 0 Å². The molecule has 0 saturated carbocycles. The average Bonchev–Trinajstić information content (AvgIpc) is 3.87. The molecule has 0 aromatic heterocycles. The lowest BCUT2D eigenvalue weighted by Gasteiger charge is -2.46. The topological polar surface area (TPSA) is 434 Å². The normalized spacial score (nSPS) is 44.2. The third-order valence-corrected chi connectivity index (χ3v) is 12.2. The van der Waals surface area contributed by atoms with E-state index in [1.54, 1.807) is 0 Å². The number of rotatable bonds is 22. The highest BCUT2D eigenvalue weighted by molar-refractivity contribution is 5.17. The van der Waals surface area contributed by atoms with Crippen LogP contribution in [-0.4, -0.2) is 289 Å². The molecule has 5 aliphatic heterocycles. The molecule has 66 heavy (non-hydrogen) atoms. The van der Waals surface area contributed by atoms with E-state index in [0.717, 1.165) is 7.11 Å². The maximum absolute atomic E-state index is 11.4. The summed E-state index contributed by atoms with van der Waals surface area (Å²) < 4.78 is 67.7. The Morgan fingerprint density at radius 2 is 1.02 bits per heavy atom. The van der Waals surface area contributed by atoms with E-state index in [4.69, 9.17) is 56.8 Å². The fourth-order valence-electron chi connectivity index (χ4n) is 7.97.